The molecule has 0 amide bonds. The lowest BCUT2D eigenvalue weighted by Gasteiger charge is -2.24. The van der Waals surface area contributed by atoms with Gasteiger partial charge in [0.15, 0.2) is 0 Å². The summed E-state index contributed by atoms with van der Waals surface area (Å²) in [6, 6.07) is 20.1. The molecule has 3 rings (SSSR count). The third-order valence-corrected chi connectivity index (χ3v) is 5.02. The summed E-state index contributed by atoms with van der Waals surface area (Å²) in [5, 5.41) is 12.5. The molecule has 108 valence electrons. The highest BCUT2D eigenvalue weighted by Crippen LogP contribution is 2.36. The van der Waals surface area contributed by atoms with Crippen molar-refractivity contribution in [2.24, 2.45) is 0 Å². The van der Waals surface area contributed by atoms with Crippen LogP contribution < -0.4 is 5.32 Å². The molecule has 0 saturated carbocycles. The van der Waals surface area contributed by atoms with E-state index in [-0.39, 0.29) is 11.3 Å². The van der Waals surface area contributed by atoms with Gasteiger partial charge in [0.2, 0.25) is 0 Å². The first-order valence-corrected chi connectivity index (χ1v) is 8.01. The number of carboxylic acid groups (broad SMARTS) is 1. The second-order valence-corrected chi connectivity index (χ2v) is 6.28. The zero-order valence-electron chi connectivity index (χ0n) is 11.5. The lowest BCUT2D eigenvalue weighted by Crippen LogP contribution is -2.39. The summed E-state index contributed by atoms with van der Waals surface area (Å²) < 4.78 is 0. The minimum absolute atomic E-state index is 0.0795. The fourth-order valence-corrected chi connectivity index (χ4v) is 4.10. The van der Waals surface area contributed by atoms with Crippen LogP contribution in [0.25, 0.3) is 0 Å². The van der Waals surface area contributed by atoms with E-state index in [2.05, 4.69) is 29.6 Å². The van der Waals surface area contributed by atoms with E-state index in [0.29, 0.717) is 5.75 Å². The van der Waals surface area contributed by atoms with Crippen molar-refractivity contribution in [2.45, 2.75) is 17.3 Å². The van der Waals surface area contributed by atoms with Crippen LogP contribution in [0.1, 0.15) is 17.0 Å². The Morgan fingerprint density at radius 2 is 1.57 bits per heavy atom. The Bertz CT molecular complexity index is 563. The molecule has 0 aromatic heterocycles. The van der Waals surface area contributed by atoms with Gasteiger partial charge in [0.1, 0.15) is 6.04 Å². The maximum absolute atomic E-state index is 11.2. The summed E-state index contributed by atoms with van der Waals surface area (Å²) >= 11 is 1.68. The van der Waals surface area contributed by atoms with E-state index < -0.39 is 12.0 Å². The fourth-order valence-electron chi connectivity index (χ4n) is 2.69. The Morgan fingerprint density at radius 1 is 1.05 bits per heavy atom. The largest absolute Gasteiger partial charge is 0.480 e. The number of hydrogen-bond donors (Lipinski definition) is 2. The minimum atomic E-state index is -0.773. The van der Waals surface area contributed by atoms with Gasteiger partial charge >= 0.3 is 5.97 Å². The van der Waals surface area contributed by atoms with Crippen molar-refractivity contribution in [3.63, 3.8) is 0 Å². The van der Waals surface area contributed by atoms with Crippen molar-refractivity contribution in [2.75, 3.05) is 5.75 Å². The van der Waals surface area contributed by atoms with Gasteiger partial charge < -0.3 is 5.11 Å². The fraction of sp³-hybridized carbons (Fsp3) is 0.235. The molecular formula is C17H17NO2S. The summed E-state index contributed by atoms with van der Waals surface area (Å²) in [5.74, 6) is -0.0116. The molecule has 0 bridgehead atoms. The van der Waals surface area contributed by atoms with E-state index in [1.54, 1.807) is 11.8 Å². The first-order valence-electron chi connectivity index (χ1n) is 6.96. The maximum atomic E-state index is 11.2. The highest BCUT2D eigenvalue weighted by molar-refractivity contribution is 8.00. The first-order chi connectivity index (χ1) is 10.3. The summed E-state index contributed by atoms with van der Waals surface area (Å²) in [4.78, 5) is 11.2. The topological polar surface area (TPSA) is 49.3 Å². The Kier molecular flexibility index (Phi) is 4.27. The monoisotopic (exact) mass is 299 g/mol. The van der Waals surface area contributed by atoms with Gasteiger partial charge in [-0.05, 0) is 11.1 Å². The molecule has 4 heteroatoms. The molecule has 1 aliphatic heterocycles. The Balaban J connectivity index is 1.93. The molecule has 1 aliphatic rings. The molecular weight excluding hydrogens is 282 g/mol. The number of benzene rings is 2. The maximum Gasteiger partial charge on any atom is 0.321 e. The SMILES string of the molecule is O=C(O)C1CSC(C(c2ccccc2)c2ccccc2)N1. The zero-order valence-corrected chi connectivity index (χ0v) is 12.3. The molecule has 1 heterocycles. The van der Waals surface area contributed by atoms with E-state index in [9.17, 15) is 9.90 Å². The average molecular weight is 299 g/mol. The van der Waals surface area contributed by atoms with Crippen LogP contribution in [-0.4, -0.2) is 28.2 Å². The molecule has 0 radical (unpaired) electrons. The van der Waals surface area contributed by atoms with Crippen molar-refractivity contribution >= 4 is 17.7 Å². The quantitative estimate of drug-likeness (QED) is 0.911. The van der Waals surface area contributed by atoms with Crippen LogP contribution in [0.4, 0.5) is 0 Å². The third-order valence-electron chi connectivity index (χ3n) is 3.73. The van der Waals surface area contributed by atoms with E-state index >= 15 is 0 Å². The number of thioether (sulfide) groups is 1. The molecule has 2 atom stereocenters. The van der Waals surface area contributed by atoms with Gasteiger partial charge in [-0.1, -0.05) is 60.7 Å². The number of nitrogens with one attached hydrogen (secondary N) is 1. The minimum Gasteiger partial charge on any atom is -0.480 e. The number of hydrogen-bond acceptors (Lipinski definition) is 3. The molecule has 2 N–H and O–H groups in total. The molecule has 0 aliphatic carbocycles. The van der Waals surface area contributed by atoms with Crippen LogP contribution in [0.15, 0.2) is 60.7 Å². The van der Waals surface area contributed by atoms with Crippen molar-refractivity contribution in [3.8, 4) is 0 Å². The number of rotatable bonds is 4. The van der Waals surface area contributed by atoms with Gasteiger partial charge in [-0.2, -0.15) is 0 Å². The van der Waals surface area contributed by atoms with Crippen LogP contribution in [0.2, 0.25) is 0 Å². The lowest BCUT2D eigenvalue weighted by atomic mass is 9.91. The molecule has 3 nitrogen and oxygen atoms in total. The van der Waals surface area contributed by atoms with Gasteiger partial charge in [0, 0.05) is 11.7 Å². The number of aliphatic carboxylic acids is 1. The second kappa shape index (κ2) is 6.33. The van der Waals surface area contributed by atoms with Crippen molar-refractivity contribution in [1.82, 2.24) is 5.32 Å². The van der Waals surface area contributed by atoms with Gasteiger partial charge in [-0.15, -0.1) is 11.8 Å². The highest BCUT2D eigenvalue weighted by Gasteiger charge is 2.35. The van der Waals surface area contributed by atoms with Crippen molar-refractivity contribution in [3.05, 3.63) is 71.8 Å². The van der Waals surface area contributed by atoms with E-state index in [4.69, 9.17) is 0 Å². The van der Waals surface area contributed by atoms with Crippen LogP contribution in [-0.2, 0) is 4.79 Å². The predicted octanol–water partition coefficient (Wildman–Crippen LogP) is 2.93. The Hall–Kier alpha value is -1.78. The van der Waals surface area contributed by atoms with E-state index in [0.717, 1.165) is 0 Å². The van der Waals surface area contributed by atoms with Crippen molar-refractivity contribution < 1.29 is 9.90 Å². The summed E-state index contributed by atoms with van der Waals surface area (Å²) in [5.41, 5.74) is 2.42. The van der Waals surface area contributed by atoms with Crippen LogP contribution >= 0.6 is 11.8 Å². The first kappa shape index (κ1) is 14.2. The Morgan fingerprint density at radius 3 is 2.00 bits per heavy atom. The van der Waals surface area contributed by atoms with Gasteiger partial charge in [0.05, 0.1) is 5.37 Å². The highest BCUT2D eigenvalue weighted by atomic mass is 32.2. The van der Waals surface area contributed by atoms with Gasteiger partial charge in [0.25, 0.3) is 0 Å². The van der Waals surface area contributed by atoms with Crippen LogP contribution in [0, 0.1) is 0 Å². The molecule has 21 heavy (non-hydrogen) atoms. The normalized spacial score (nSPS) is 21.6. The van der Waals surface area contributed by atoms with E-state index in [1.165, 1.54) is 11.1 Å². The molecule has 2 aromatic carbocycles. The summed E-state index contributed by atoms with van der Waals surface area (Å²) in [7, 11) is 0. The van der Waals surface area contributed by atoms with Crippen LogP contribution in [0.3, 0.4) is 0 Å². The standard InChI is InChI=1S/C17H17NO2S/c19-17(20)14-11-21-16(18-14)15(12-7-3-1-4-8-12)13-9-5-2-6-10-13/h1-10,14-16,18H,11H2,(H,19,20). The molecule has 1 fully saturated rings. The smallest absolute Gasteiger partial charge is 0.321 e. The lowest BCUT2D eigenvalue weighted by molar-refractivity contribution is -0.138. The Labute approximate surface area is 128 Å². The number of carboxylic acids is 1. The van der Waals surface area contributed by atoms with Gasteiger partial charge in [-0.3, -0.25) is 10.1 Å². The average Bonchev–Trinajstić information content (AvgIpc) is 3.00. The molecule has 1 saturated heterocycles. The van der Waals surface area contributed by atoms with Gasteiger partial charge in [-0.25, -0.2) is 0 Å². The van der Waals surface area contributed by atoms with Crippen molar-refractivity contribution in [1.29, 1.82) is 0 Å². The number of carbonyl (C=O) groups is 1. The molecule has 0 spiro atoms. The second-order valence-electron chi connectivity index (χ2n) is 5.11. The zero-order chi connectivity index (χ0) is 14.7. The van der Waals surface area contributed by atoms with Crippen LogP contribution in [0.5, 0.6) is 0 Å². The third kappa shape index (κ3) is 3.12. The molecule has 2 aromatic rings. The molecule has 2 unspecified atom stereocenters. The predicted molar refractivity (Wildman–Crippen MR) is 85.5 cm³/mol. The summed E-state index contributed by atoms with van der Waals surface area (Å²) in [6.45, 7) is 0. The van der Waals surface area contributed by atoms with E-state index in [1.807, 2.05) is 36.4 Å². The summed E-state index contributed by atoms with van der Waals surface area (Å²) in [6.07, 6.45) is 0.